The van der Waals surface area contributed by atoms with E-state index in [1.807, 2.05) is 30.3 Å². The Morgan fingerprint density at radius 1 is 0.712 bits per heavy atom. The van der Waals surface area contributed by atoms with Crippen LogP contribution in [0.25, 0.3) is 61.2 Å². The maximum atomic E-state index is 9.64. The zero-order valence-electron chi connectivity index (χ0n) is 28.1. The largest absolute Gasteiger partial charge is 0.456 e. The Morgan fingerprint density at radius 2 is 1.46 bits per heavy atom. The summed E-state index contributed by atoms with van der Waals surface area (Å²) in [4.78, 5) is 9.42. The summed E-state index contributed by atoms with van der Waals surface area (Å²) in [6.07, 6.45) is 0. The monoisotopic (exact) mass is 666 g/mol. The molecule has 0 aliphatic heterocycles. The molecular formula is C47H30N4O. The highest BCUT2D eigenvalue weighted by atomic mass is 16.3. The Hall–Kier alpha value is -7.03. The molecule has 0 fully saturated rings. The first-order valence-corrected chi connectivity index (χ1v) is 17.3. The molecule has 2 heterocycles. The molecule has 0 amide bonds. The standard InChI is InChI=1S/C47H30N4O/c1-49-29-31-17-22-36-39(26-31)47(33-10-4-2-5-11-33,38-24-25-42-45(44(36)38)37-23-16-30(28-48)27-43(37)52-42)34-20-18-32(19-21-34)46-50-40-14-8-9-15-41(40)51(46)35-12-6-3-7-13-35/h2-27H,1,29H2. The van der Waals surface area contributed by atoms with Crippen molar-refractivity contribution < 1.29 is 4.42 Å². The molecule has 1 unspecified atom stereocenters. The van der Waals surface area contributed by atoms with Crippen LogP contribution in [0.2, 0.25) is 0 Å². The number of nitrogens with zero attached hydrogens (tertiary/aromatic N) is 4. The molecule has 0 radical (unpaired) electrons. The average molecular weight is 667 g/mol. The number of hydrogen-bond donors (Lipinski definition) is 0. The third-order valence-corrected chi connectivity index (χ3v) is 10.6. The molecule has 7 aromatic carbocycles. The number of imidazole rings is 1. The second kappa shape index (κ2) is 11.5. The van der Waals surface area contributed by atoms with Gasteiger partial charge in [-0.15, -0.1) is 0 Å². The summed E-state index contributed by atoms with van der Waals surface area (Å²) < 4.78 is 8.67. The first-order valence-electron chi connectivity index (χ1n) is 17.3. The van der Waals surface area contributed by atoms with Crippen LogP contribution in [0.1, 0.15) is 33.4 Å². The minimum atomic E-state index is -0.647. The highest BCUT2D eigenvalue weighted by Crippen LogP contribution is 2.59. The first kappa shape index (κ1) is 29.8. The van der Waals surface area contributed by atoms with Crippen molar-refractivity contribution in [3.63, 3.8) is 0 Å². The van der Waals surface area contributed by atoms with Gasteiger partial charge in [0.25, 0.3) is 0 Å². The number of para-hydroxylation sites is 3. The second-order valence-electron chi connectivity index (χ2n) is 13.3. The smallest absolute Gasteiger partial charge is 0.145 e. The number of fused-ring (bicyclic) bond motifs is 8. The summed E-state index contributed by atoms with van der Waals surface area (Å²) in [5.41, 5.74) is 13.6. The van der Waals surface area contributed by atoms with Gasteiger partial charge in [-0.05, 0) is 94.2 Å². The molecule has 10 rings (SSSR count). The molecule has 0 saturated carbocycles. The molecule has 0 N–H and O–H groups in total. The molecule has 0 spiro atoms. The molecule has 1 aliphatic rings. The zero-order chi connectivity index (χ0) is 34.8. The van der Waals surface area contributed by atoms with Crippen molar-refractivity contribution in [2.75, 3.05) is 0 Å². The molecule has 244 valence electrons. The molecule has 5 nitrogen and oxygen atoms in total. The number of aromatic nitrogens is 2. The number of hydrogen-bond acceptors (Lipinski definition) is 4. The Labute approximate surface area is 300 Å². The summed E-state index contributed by atoms with van der Waals surface area (Å²) in [6, 6.07) is 57.5. The Bertz CT molecular complexity index is 2900. The van der Waals surface area contributed by atoms with Crippen LogP contribution < -0.4 is 0 Å². The third-order valence-electron chi connectivity index (χ3n) is 10.6. The summed E-state index contributed by atoms with van der Waals surface area (Å²) in [5, 5.41) is 11.7. The van der Waals surface area contributed by atoms with E-state index >= 15 is 0 Å². The van der Waals surface area contributed by atoms with E-state index in [4.69, 9.17) is 9.40 Å². The fraction of sp³-hybridized carbons (Fsp3) is 0.0426. The lowest BCUT2D eigenvalue weighted by molar-refractivity contribution is 0.668. The van der Waals surface area contributed by atoms with E-state index in [1.165, 1.54) is 16.7 Å². The van der Waals surface area contributed by atoms with Gasteiger partial charge in [-0.25, -0.2) is 4.98 Å². The molecule has 2 aromatic heterocycles. The summed E-state index contributed by atoms with van der Waals surface area (Å²) in [7, 11) is 0. The van der Waals surface area contributed by atoms with Crippen LogP contribution in [0.3, 0.4) is 0 Å². The molecule has 1 aliphatic carbocycles. The predicted molar refractivity (Wildman–Crippen MR) is 209 cm³/mol. The maximum absolute atomic E-state index is 9.64. The first-order chi connectivity index (χ1) is 25.7. The van der Waals surface area contributed by atoms with Gasteiger partial charge in [0.15, 0.2) is 0 Å². The van der Waals surface area contributed by atoms with E-state index in [0.717, 1.165) is 66.7 Å². The number of aliphatic imine (C=N–C) groups is 1. The van der Waals surface area contributed by atoms with Crippen molar-refractivity contribution in [3.05, 3.63) is 191 Å². The quantitative estimate of drug-likeness (QED) is 0.166. The van der Waals surface area contributed by atoms with Crippen LogP contribution in [0.4, 0.5) is 0 Å². The molecule has 0 bridgehead atoms. The lowest BCUT2D eigenvalue weighted by Gasteiger charge is -2.34. The van der Waals surface area contributed by atoms with Gasteiger partial charge in [-0.2, -0.15) is 5.26 Å². The second-order valence-corrected chi connectivity index (χ2v) is 13.3. The van der Waals surface area contributed by atoms with Gasteiger partial charge in [0.2, 0.25) is 0 Å². The van der Waals surface area contributed by atoms with E-state index in [2.05, 4.69) is 150 Å². The minimum absolute atomic E-state index is 0.518. The van der Waals surface area contributed by atoms with Gasteiger partial charge in [0.1, 0.15) is 17.0 Å². The van der Waals surface area contributed by atoms with E-state index in [0.29, 0.717) is 17.7 Å². The van der Waals surface area contributed by atoms with E-state index in [9.17, 15) is 5.26 Å². The SMILES string of the molecule is C=NCc1ccc2c(c1)C(c1ccccc1)(c1ccc(-c3nc4ccccc4n3-c3ccccc3)cc1)c1ccc3oc4cc(C#N)ccc4c3c1-2. The van der Waals surface area contributed by atoms with E-state index in [-0.39, 0.29) is 0 Å². The van der Waals surface area contributed by atoms with Gasteiger partial charge >= 0.3 is 0 Å². The van der Waals surface area contributed by atoms with Crippen LogP contribution in [0.5, 0.6) is 0 Å². The lowest BCUT2D eigenvalue weighted by atomic mass is 9.67. The van der Waals surface area contributed by atoms with Crippen molar-refractivity contribution in [1.29, 1.82) is 5.26 Å². The van der Waals surface area contributed by atoms with Crippen molar-refractivity contribution in [2.45, 2.75) is 12.0 Å². The fourth-order valence-corrected chi connectivity index (χ4v) is 8.43. The van der Waals surface area contributed by atoms with Crippen LogP contribution >= 0.6 is 0 Å². The highest BCUT2D eigenvalue weighted by Gasteiger charge is 2.47. The molecule has 0 saturated heterocycles. The van der Waals surface area contributed by atoms with Gasteiger partial charge in [-0.1, -0.05) is 109 Å². The summed E-state index contributed by atoms with van der Waals surface area (Å²) >= 11 is 0. The lowest BCUT2D eigenvalue weighted by Crippen LogP contribution is -2.28. The maximum Gasteiger partial charge on any atom is 0.145 e. The number of benzene rings is 7. The normalized spacial score (nSPS) is 14.8. The third kappa shape index (κ3) is 4.22. The van der Waals surface area contributed by atoms with Gasteiger partial charge in [0.05, 0.1) is 34.6 Å². The van der Waals surface area contributed by atoms with Crippen LogP contribution in [-0.2, 0) is 12.0 Å². The van der Waals surface area contributed by atoms with Gasteiger partial charge in [0, 0.05) is 22.0 Å². The predicted octanol–water partition coefficient (Wildman–Crippen LogP) is 11.0. The highest BCUT2D eigenvalue weighted by molar-refractivity contribution is 6.15. The van der Waals surface area contributed by atoms with Crippen molar-refractivity contribution in [3.8, 4) is 34.3 Å². The topological polar surface area (TPSA) is 67.1 Å². The van der Waals surface area contributed by atoms with Crippen LogP contribution in [0.15, 0.2) is 167 Å². The molecule has 9 aromatic rings. The fourth-order valence-electron chi connectivity index (χ4n) is 8.43. The Kier molecular flexibility index (Phi) is 6.61. The molecule has 52 heavy (non-hydrogen) atoms. The van der Waals surface area contributed by atoms with Crippen molar-refractivity contribution in [1.82, 2.24) is 9.55 Å². The number of furan rings is 1. The van der Waals surface area contributed by atoms with Crippen molar-refractivity contribution in [2.24, 2.45) is 4.99 Å². The summed E-state index contributed by atoms with van der Waals surface area (Å²) in [5.74, 6) is 0.891. The van der Waals surface area contributed by atoms with Crippen LogP contribution in [-0.4, -0.2) is 16.3 Å². The van der Waals surface area contributed by atoms with Gasteiger partial charge in [-0.3, -0.25) is 9.56 Å². The van der Waals surface area contributed by atoms with Gasteiger partial charge < -0.3 is 4.42 Å². The van der Waals surface area contributed by atoms with Crippen molar-refractivity contribution >= 4 is 39.7 Å². The zero-order valence-corrected chi connectivity index (χ0v) is 28.1. The molecule has 1 atom stereocenters. The van der Waals surface area contributed by atoms with E-state index in [1.54, 1.807) is 0 Å². The minimum Gasteiger partial charge on any atom is -0.456 e. The number of rotatable bonds is 6. The number of nitriles is 1. The molecule has 5 heteroatoms. The molecular weight excluding hydrogens is 637 g/mol. The average Bonchev–Trinajstić information content (AvgIpc) is 3.86. The summed E-state index contributed by atoms with van der Waals surface area (Å²) in [6.45, 7) is 4.33. The Morgan fingerprint density at radius 3 is 2.25 bits per heavy atom. The van der Waals surface area contributed by atoms with Crippen LogP contribution in [0, 0.1) is 11.3 Å². The Balaban J connectivity index is 1.26. The van der Waals surface area contributed by atoms with E-state index < -0.39 is 5.41 Å².